The number of carbonyl (C=O) groups is 2. The fraction of sp³-hybridized carbons (Fsp3) is 0.357. The van der Waals surface area contributed by atoms with E-state index in [0.717, 1.165) is 34.4 Å². The summed E-state index contributed by atoms with van der Waals surface area (Å²) in [6, 6.07) is 18.4. The number of esters is 1. The number of benzene rings is 2. The van der Waals surface area contributed by atoms with Crippen molar-refractivity contribution in [3.63, 3.8) is 0 Å². The lowest BCUT2D eigenvalue weighted by molar-refractivity contribution is -0.142. The van der Waals surface area contributed by atoms with E-state index < -0.39 is 0 Å². The molecule has 0 fully saturated rings. The normalized spacial score (nSPS) is 10.3. The number of hydrogen-bond acceptors (Lipinski definition) is 6. The van der Waals surface area contributed by atoms with Crippen molar-refractivity contribution < 1.29 is 19.4 Å². The molecule has 0 unspecified atom stereocenters. The quantitative estimate of drug-likeness (QED) is 0.268. The number of carbonyl (C=O) groups excluding carboxylic acids is 2. The molecule has 1 N–H and O–H groups in total. The summed E-state index contributed by atoms with van der Waals surface area (Å²) in [6.07, 6.45) is 2.24. The molecule has 2 aromatic carbocycles. The first kappa shape index (κ1) is 27.7. The molecule has 0 spiro atoms. The maximum atomic E-state index is 11.7. The zero-order valence-electron chi connectivity index (χ0n) is 20.7. The number of nitrogens with zero attached hydrogens (tertiary/aromatic N) is 2. The summed E-state index contributed by atoms with van der Waals surface area (Å²) < 4.78 is 6.35. The van der Waals surface area contributed by atoms with Gasteiger partial charge in [0.25, 0.3) is 5.56 Å². The second-order valence-electron chi connectivity index (χ2n) is 8.25. The molecule has 1 aromatic heterocycles. The highest BCUT2D eigenvalue weighted by Gasteiger charge is 2.06. The van der Waals surface area contributed by atoms with Crippen LogP contribution >= 0.6 is 0 Å². The van der Waals surface area contributed by atoms with Crippen LogP contribution in [0.2, 0.25) is 0 Å². The lowest BCUT2D eigenvalue weighted by atomic mass is 10.0. The van der Waals surface area contributed by atoms with Crippen molar-refractivity contribution in [1.82, 2.24) is 9.78 Å². The molecular formula is C28H34N2O5. The van der Waals surface area contributed by atoms with Gasteiger partial charge in [0.15, 0.2) is 5.78 Å². The number of unbranched alkanes of at least 4 members (excludes halogenated alkanes) is 1. The van der Waals surface area contributed by atoms with Gasteiger partial charge in [-0.2, -0.15) is 5.10 Å². The second kappa shape index (κ2) is 14.6. The van der Waals surface area contributed by atoms with Crippen molar-refractivity contribution >= 4 is 11.8 Å². The first-order valence-corrected chi connectivity index (χ1v) is 11.8. The molecule has 35 heavy (non-hydrogen) atoms. The molecule has 0 bridgehead atoms. The van der Waals surface area contributed by atoms with Gasteiger partial charge in [-0.05, 0) is 56.9 Å². The van der Waals surface area contributed by atoms with Crippen molar-refractivity contribution in [3.05, 3.63) is 99.0 Å². The van der Waals surface area contributed by atoms with Crippen molar-refractivity contribution in [2.24, 2.45) is 0 Å². The van der Waals surface area contributed by atoms with Gasteiger partial charge in [0, 0.05) is 24.7 Å². The van der Waals surface area contributed by atoms with Gasteiger partial charge in [-0.3, -0.25) is 14.4 Å². The molecule has 0 saturated heterocycles. The van der Waals surface area contributed by atoms with E-state index in [9.17, 15) is 14.4 Å². The summed E-state index contributed by atoms with van der Waals surface area (Å²) in [5.41, 5.74) is 4.33. The number of aliphatic hydroxyl groups excluding tert-OH is 1. The fourth-order valence-corrected chi connectivity index (χ4v) is 3.41. The third-order valence-corrected chi connectivity index (χ3v) is 5.13. The molecule has 0 atom stereocenters. The number of ether oxygens (including phenoxy) is 1. The van der Waals surface area contributed by atoms with Gasteiger partial charge < -0.3 is 9.84 Å². The van der Waals surface area contributed by atoms with E-state index in [1.165, 1.54) is 10.7 Å². The highest BCUT2D eigenvalue weighted by atomic mass is 16.5. The minimum Gasteiger partial charge on any atom is -0.466 e. The monoisotopic (exact) mass is 478 g/mol. The Morgan fingerprint density at radius 1 is 0.971 bits per heavy atom. The van der Waals surface area contributed by atoms with Crippen molar-refractivity contribution in [3.8, 4) is 0 Å². The maximum Gasteiger partial charge on any atom is 0.310 e. The highest BCUT2D eigenvalue weighted by Crippen LogP contribution is 2.09. The number of aromatic nitrogens is 2. The Hall–Kier alpha value is -3.58. The van der Waals surface area contributed by atoms with E-state index in [4.69, 9.17) is 9.84 Å². The smallest absolute Gasteiger partial charge is 0.310 e. The molecule has 7 heteroatoms. The molecule has 1 heterocycles. The lowest BCUT2D eigenvalue weighted by Crippen LogP contribution is -2.23. The molecule has 0 aliphatic rings. The standard InChI is InChI=1S/C16H18N2O3.C12H16O2/c1-3-21-16(20)10-13-5-4-6-14(9-13)11-18-15(19)8-7-12(2)17-18;1-10-5-4-6-11(9-10)12(14)7-2-3-8-13/h4-9H,3,10-11H2,1-2H3;4-6,9,13H,2-3,7-8H2,1H3. The third kappa shape index (κ3) is 10.1. The van der Waals surface area contributed by atoms with Gasteiger partial charge in [-0.15, -0.1) is 0 Å². The number of ketones is 1. The van der Waals surface area contributed by atoms with E-state index in [1.807, 2.05) is 62.4 Å². The largest absolute Gasteiger partial charge is 0.466 e. The predicted octanol–water partition coefficient (Wildman–Crippen LogP) is 4.05. The predicted molar refractivity (Wildman–Crippen MR) is 136 cm³/mol. The molecule has 0 aliphatic carbocycles. The number of aryl methyl sites for hydroxylation is 2. The SMILES string of the molecule is CCOC(=O)Cc1cccc(Cn2nc(C)ccc2=O)c1.Cc1cccc(C(=O)CCCCO)c1. The third-order valence-electron chi connectivity index (χ3n) is 5.13. The summed E-state index contributed by atoms with van der Waals surface area (Å²) in [7, 11) is 0. The van der Waals surface area contributed by atoms with Gasteiger partial charge in [0.1, 0.15) is 0 Å². The molecule has 0 saturated carbocycles. The summed E-state index contributed by atoms with van der Waals surface area (Å²) in [6.45, 7) is 6.53. The Bertz CT molecular complexity index is 1170. The van der Waals surface area contributed by atoms with E-state index in [-0.39, 0.29) is 30.3 Å². The zero-order chi connectivity index (χ0) is 25.6. The molecular weight excluding hydrogens is 444 g/mol. The molecule has 3 rings (SSSR count). The average molecular weight is 479 g/mol. The molecule has 0 aliphatic heterocycles. The summed E-state index contributed by atoms with van der Waals surface area (Å²) in [5.74, 6) is -0.0809. The van der Waals surface area contributed by atoms with Gasteiger partial charge in [0.05, 0.1) is 25.3 Å². The molecule has 0 amide bonds. The summed E-state index contributed by atoms with van der Waals surface area (Å²) >= 11 is 0. The van der Waals surface area contributed by atoms with E-state index >= 15 is 0 Å². The van der Waals surface area contributed by atoms with Crippen LogP contribution in [0.15, 0.2) is 65.5 Å². The minimum absolute atomic E-state index is 0.142. The Kier molecular flexibility index (Phi) is 11.6. The van der Waals surface area contributed by atoms with Crippen LogP contribution in [-0.2, 0) is 22.5 Å². The Morgan fingerprint density at radius 3 is 2.43 bits per heavy atom. The van der Waals surface area contributed by atoms with Crippen LogP contribution in [0.5, 0.6) is 0 Å². The highest BCUT2D eigenvalue weighted by molar-refractivity contribution is 5.96. The van der Waals surface area contributed by atoms with Crippen molar-refractivity contribution in [2.75, 3.05) is 13.2 Å². The summed E-state index contributed by atoms with van der Waals surface area (Å²) in [5, 5.41) is 12.8. The van der Waals surface area contributed by atoms with Crippen LogP contribution in [0.1, 0.15) is 58.9 Å². The van der Waals surface area contributed by atoms with E-state index in [1.54, 1.807) is 13.0 Å². The van der Waals surface area contributed by atoms with Crippen molar-refractivity contribution in [1.29, 1.82) is 0 Å². The first-order valence-electron chi connectivity index (χ1n) is 11.8. The Balaban J connectivity index is 0.000000269. The van der Waals surface area contributed by atoms with Crippen LogP contribution in [0.25, 0.3) is 0 Å². The number of hydrogen-bond donors (Lipinski definition) is 1. The Morgan fingerprint density at radius 2 is 1.71 bits per heavy atom. The fourth-order valence-electron chi connectivity index (χ4n) is 3.41. The topological polar surface area (TPSA) is 98.5 Å². The Labute approximate surface area is 206 Å². The first-order chi connectivity index (χ1) is 16.8. The van der Waals surface area contributed by atoms with E-state index in [2.05, 4.69) is 5.10 Å². The van der Waals surface area contributed by atoms with Crippen molar-refractivity contribution in [2.45, 2.75) is 53.0 Å². The summed E-state index contributed by atoms with van der Waals surface area (Å²) in [4.78, 5) is 34.8. The lowest BCUT2D eigenvalue weighted by Gasteiger charge is -2.07. The van der Waals surface area contributed by atoms with Crippen LogP contribution in [0.3, 0.4) is 0 Å². The van der Waals surface area contributed by atoms with Gasteiger partial charge >= 0.3 is 5.97 Å². The van der Waals surface area contributed by atoms with Gasteiger partial charge in [-0.25, -0.2) is 4.68 Å². The van der Waals surface area contributed by atoms with Gasteiger partial charge in [-0.1, -0.05) is 48.0 Å². The number of aliphatic hydroxyl groups is 1. The second-order valence-corrected chi connectivity index (χ2v) is 8.25. The molecule has 3 aromatic rings. The average Bonchev–Trinajstić information content (AvgIpc) is 2.82. The van der Waals surface area contributed by atoms with Gasteiger partial charge in [0.2, 0.25) is 0 Å². The number of Topliss-reactive ketones (excluding diaryl/α,β-unsaturated/α-hetero) is 1. The van der Waals surface area contributed by atoms with Crippen LogP contribution in [0, 0.1) is 13.8 Å². The van der Waals surface area contributed by atoms with Crippen LogP contribution in [0.4, 0.5) is 0 Å². The molecule has 0 radical (unpaired) electrons. The van der Waals surface area contributed by atoms with Crippen LogP contribution < -0.4 is 5.56 Å². The van der Waals surface area contributed by atoms with Crippen LogP contribution in [-0.4, -0.2) is 39.9 Å². The zero-order valence-corrected chi connectivity index (χ0v) is 20.7. The maximum absolute atomic E-state index is 11.7. The molecule has 186 valence electrons. The molecule has 7 nitrogen and oxygen atoms in total. The number of rotatable bonds is 10. The van der Waals surface area contributed by atoms with E-state index in [0.29, 0.717) is 26.0 Å². The minimum atomic E-state index is -0.250.